The average molecular weight is 383 g/mol. The van der Waals surface area contributed by atoms with Crippen LogP contribution in [0.25, 0.3) is 6.08 Å². The Bertz CT molecular complexity index is 699. The normalized spacial score (nSPS) is 27.5. The largest absolute Gasteiger partial charge is 0.481 e. The third-order valence-corrected chi connectivity index (χ3v) is 7.19. The predicted octanol–water partition coefficient (Wildman–Crippen LogP) is 4.18. The fraction of sp³-hybridized carbons (Fsp3) is 0.625. The highest BCUT2D eigenvalue weighted by atomic mass is 16.4. The highest BCUT2D eigenvalue weighted by Crippen LogP contribution is 2.51. The summed E-state index contributed by atoms with van der Waals surface area (Å²) in [6, 6.07) is 12.1. The Morgan fingerprint density at radius 2 is 1.96 bits per heavy atom. The summed E-state index contributed by atoms with van der Waals surface area (Å²) in [5.74, 6) is 0.0413. The quantitative estimate of drug-likeness (QED) is 0.708. The molecule has 2 saturated carbocycles. The highest BCUT2D eigenvalue weighted by Gasteiger charge is 2.49. The molecule has 1 saturated heterocycles. The van der Waals surface area contributed by atoms with Crippen LogP contribution in [0.15, 0.2) is 35.9 Å². The van der Waals surface area contributed by atoms with Crippen LogP contribution < -0.4 is 5.32 Å². The van der Waals surface area contributed by atoms with Gasteiger partial charge >= 0.3 is 5.97 Å². The molecule has 3 fully saturated rings. The molecule has 2 aliphatic carbocycles. The molecule has 1 spiro atoms. The molecule has 4 nitrogen and oxygen atoms in total. The molecule has 0 aromatic heterocycles. The van der Waals surface area contributed by atoms with Crippen molar-refractivity contribution in [1.82, 2.24) is 10.2 Å². The lowest BCUT2D eigenvalue weighted by Gasteiger charge is -2.52. The van der Waals surface area contributed by atoms with Gasteiger partial charge in [0.25, 0.3) is 0 Å². The second kappa shape index (κ2) is 8.38. The number of hydrogen-bond donors (Lipinski definition) is 2. The smallest absolute Gasteiger partial charge is 0.304 e. The Morgan fingerprint density at radius 3 is 2.61 bits per heavy atom. The zero-order valence-electron chi connectivity index (χ0n) is 17.1. The van der Waals surface area contributed by atoms with Crippen LogP contribution in [0.3, 0.4) is 0 Å². The summed E-state index contributed by atoms with van der Waals surface area (Å²) in [7, 11) is 0. The van der Waals surface area contributed by atoms with Gasteiger partial charge in [-0.15, -0.1) is 0 Å². The first-order chi connectivity index (χ1) is 13.6. The van der Waals surface area contributed by atoms with Crippen LogP contribution in [0, 0.1) is 11.3 Å². The molecule has 152 valence electrons. The van der Waals surface area contributed by atoms with Crippen molar-refractivity contribution in [2.75, 3.05) is 19.6 Å². The zero-order chi connectivity index (χ0) is 19.6. The van der Waals surface area contributed by atoms with Gasteiger partial charge in [0.2, 0.25) is 0 Å². The van der Waals surface area contributed by atoms with Crippen LogP contribution in [0.1, 0.15) is 57.4 Å². The van der Waals surface area contributed by atoms with E-state index in [1.165, 1.54) is 37.7 Å². The van der Waals surface area contributed by atoms with Crippen molar-refractivity contribution in [3.63, 3.8) is 0 Å². The molecular formula is C24H34N2O2. The summed E-state index contributed by atoms with van der Waals surface area (Å²) in [5.41, 5.74) is 3.45. The van der Waals surface area contributed by atoms with Crippen molar-refractivity contribution in [1.29, 1.82) is 0 Å². The summed E-state index contributed by atoms with van der Waals surface area (Å²) >= 11 is 0. The first-order valence-corrected chi connectivity index (χ1v) is 11.0. The molecule has 0 amide bonds. The Morgan fingerprint density at radius 1 is 1.25 bits per heavy atom. The van der Waals surface area contributed by atoms with Crippen molar-refractivity contribution in [2.24, 2.45) is 11.3 Å². The van der Waals surface area contributed by atoms with Gasteiger partial charge < -0.3 is 15.3 Å². The predicted molar refractivity (Wildman–Crippen MR) is 113 cm³/mol. The van der Waals surface area contributed by atoms with Gasteiger partial charge in [0.1, 0.15) is 0 Å². The zero-order valence-corrected chi connectivity index (χ0v) is 17.1. The molecule has 0 bridgehead atoms. The van der Waals surface area contributed by atoms with Crippen LogP contribution in [0.4, 0.5) is 0 Å². The van der Waals surface area contributed by atoms with Gasteiger partial charge in [-0.25, -0.2) is 0 Å². The van der Waals surface area contributed by atoms with E-state index in [2.05, 4.69) is 53.5 Å². The third kappa shape index (κ3) is 4.66. The van der Waals surface area contributed by atoms with Gasteiger partial charge in [-0.1, -0.05) is 48.9 Å². The van der Waals surface area contributed by atoms with Crippen LogP contribution in [0.5, 0.6) is 0 Å². The minimum atomic E-state index is -0.681. The fourth-order valence-electron chi connectivity index (χ4n) is 5.34. The van der Waals surface area contributed by atoms with E-state index in [4.69, 9.17) is 5.11 Å². The monoisotopic (exact) mass is 382 g/mol. The fourth-order valence-corrected chi connectivity index (χ4v) is 5.34. The van der Waals surface area contributed by atoms with E-state index in [9.17, 15) is 4.79 Å². The van der Waals surface area contributed by atoms with Gasteiger partial charge in [-0.3, -0.25) is 4.79 Å². The summed E-state index contributed by atoms with van der Waals surface area (Å²) in [6.45, 7) is 5.14. The summed E-state index contributed by atoms with van der Waals surface area (Å²) in [4.78, 5) is 13.1. The number of carbonyl (C=O) groups is 1. The van der Waals surface area contributed by atoms with E-state index in [-0.39, 0.29) is 6.42 Å². The van der Waals surface area contributed by atoms with Crippen molar-refractivity contribution in [3.05, 3.63) is 41.5 Å². The van der Waals surface area contributed by atoms with E-state index in [1.54, 1.807) is 5.57 Å². The lowest BCUT2D eigenvalue weighted by atomic mass is 9.60. The average Bonchev–Trinajstić information content (AvgIpc) is 3.44. The van der Waals surface area contributed by atoms with Crippen LogP contribution in [0.2, 0.25) is 0 Å². The summed E-state index contributed by atoms with van der Waals surface area (Å²) in [5, 5.41) is 12.8. The second-order valence-electron chi connectivity index (χ2n) is 9.19. The molecule has 2 atom stereocenters. The van der Waals surface area contributed by atoms with Crippen molar-refractivity contribution in [3.8, 4) is 0 Å². The number of carboxylic acid groups (broad SMARTS) is 1. The van der Waals surface area contributed by atoms with E-state index in [0.717, 1.165) is 25.4 Å². The van der Waals surface area contributed by atoms with E-state index in [0.29, 0.717) is 24.0 Å². The molecule has 2 N–H and O–H groups in total. The van der Waals surface area contributed by atoms with Crippen LogP contribution in [-0.4, -0.2) is 47.7 Å². The number of aliphatic carboxylic acids is 1. The van der Waals surface area contributed by atoms with Crippen molar-refractivity contribution >= 4 is 12.0 Å². The molecule has 28 heavy (non-hydrogen) atoms. The van der Waals surface area contributed by atoms with Gasteiger partial charge in [-0.2, -0.15) is 0 Å². The second-order valence-corrected chi connectivity index (χ2v) is 9.19. The van der Waals surface area contributed by atoms with Crippen LogP contribution in [-0.2, 0) is 4.79 Å². The standard InChI is InChI=1S/C24H34N2O2/c1-2-19(14-18-6-4-3-5-7-18)21-15-22(21)25-20-16-24(17-20)9-12-26(13-10-24)11-8-23(27)28/h3-7,14,20-22,25H,2,8-13,15-17H2,1H3,(H,27,28)/b19-14+. The van der Waals surface area contributed by atoms with Gasteiger partial charge in [0.15, 0.2) is 0 Å². The first kappa shape index (κ1) is 19.7. The molecule has 4 rings (SSSR count). The highest BCUT2D eigenvalue weighted by molar-refractivity contribution is 5.66. The Kier molecular flexibility index (Phi) is 5.88. The van der Waals surface area contributed by atoms with Crippen molar-refractivity contribution in [2.45, 2.75) is 64.0 Å². The number of nitrogens with one attached hydrogen (secondary N) is 1. The maximum Gasteiger partial charge on any atom is 0.304 e. The molecule has 2 unspecified atom stereocenters. The molecule has 1 aromatic carbocycles. The topological polar surface area (TPSA) is 52.6 Å². The number of piperidine rings is 1. The van der Waals surface area contributed by atoms with Crippen LogP contribution >= 0.6 is 0 Å². The minimum Gasteiger partial charge on any atom is -0.481 e. The maximum atomic E-state index is 10.7. The molecule has 4 heteroatoms. The minimum absolute atomic E-state index is 0.274. The number of hydrogen-bond acceptors (Lipinski definition) is 3. The Balaban J connectivity index is 1.20. The van der Waals surface area contributed by atoms with E-state index >= 15 is 0 Å². The van der Waals surface area contributed by atoms with E-state index in [1.807, 2.05) is 0 Å². The number of nitrogens with zero attached hydrogens (tertiary/aromatic N) is 1. The number of carboxylic acids is 1. The van der Waals surface area contributed by atoms with Gasteiger partial charge in [0.05, 0.1) is 6.42 Å². The SMILES string of the molecule is CC/C(=C\c1ccccc1)C1CC1NC1CC2(CCN(CCC(=O)O)CC2)C1. The third-order valence-electron chi connectivity index (χ3n) is 7.19. The lowest BCUT2D eigenvalue weighted by Crippen LogP contribution is -2.54. The summed E-state index contributed by atoms with van der Waals surface area (Å²) < 4.78 is 0. The number of likely N-dealkylation sites (tertiary alicyclic amines) is 1. The first-order valence-electron chi connectivity index (χ1n) is 11.0. The molecule has 1 aliphatic heterocycles. The number of benzene rings is 1. The van der Waals surface area contributed by atoms with Crippen molar-refractivity contribution < 1.29 is 9.90 Å². The Hall–Kier alpha value is -1.65. The molecule has 3 aliphatic rings. The molecule has 1 heterocycles. The molecular weight excluding hydrogens is 348 g/mol. The Labute approximate surface area is 169 Å². The molecule has 1 aromatic rings. The summed E-state index contributed by atoms with van der Waals surface area (Å²) in [6.07, 6.45) is 10.2. The van der Waals surface area contributed by atoms with Gasteiger partial charge in [0, 0.05) is 18.6 Å². The molecule has 0 radical (unpaired) electrons. The van der Waals surface area contributed by atoms with Gasteiger partial charge in [-0.05, 0) is 68.5 Å². The van der Waals surface area contributed by atoms with E-state index < -0.39 is 5.97 Å². The number of rotatable bonds is 8. The maximum absolute atomic E-state index is 10.7. The lowest BCUT2D eigenvalue weighted by molar-refractivity contribution is -0.137.